The number of fused-ring (bicyclic) bond motifs is 1. The van der Waals surface area contributed by atoms with Gasteiger partial charge in [0.25, 0.3) is 0 Å². The zero-order chi connectivity index (χ0) is 9.76. The van der Waals surface area contributed by atoms with Crippen molar-refractivity contribution in [1.29, 1.82) is 0 Å². The molecule has 0 saturated heterocycles. The van der Waals surface area contributed by atoms with Crippen molar-refractivity contribution in [2.45, 2.75) is 18.4 Å². The van der Waals surface area contributed by atoms with Crippen molar-refractivity contribution in [3.63, 3.8) is 0 Å². The van der Waals surface area contributed by atoms with Crippen LogP contribution in [0.4, 0.5) is 0 Å². The summed E-state index contributed by atoms with van der Waals surface area (Å²) in [6.45, 7) is 0. The van der Waals surface area contributed by atoms with Crippen LogP contribution in [0.1, 0.15) is 18.5 Å². The van der Waals surface area contributed by atoms with E-state index in [4.69, 9.17) is 5.73 Å². The summed E-state index contributed by atoms with van der Waals surface area (Å²) >= 11 is 3.37. The van der Waals surface area contributed by atoms with E-state index in [1.54, 1.807) is 0 Å². The van der Waals surface area contributed by atoms with E-state index in [2.05, 4.69) is 26.1 Å². The van der Waals surface area contributed by atoms with Crippen LogP contribution in [0.2, 0.25) is 0 Å². The zero-order valence-electron chi connectivity index (χ0n) is 7.44. The third-order valence-corrected chi connectivity index (χ3v) is 3.20. The van der Waals surface area contributed by atoms with E-state index < -0.39 is 0 Å². The maximum absolute atomic E-state index is 6.16. The number of halogens is 1. The van der Waals surface area contributed by atoms with Crippen molar-refractivity contribution >= 4 is 21.6 Å². The fourth-order valence-electron chi connectivity index (χ4n) is 1.69. The number of pyridine rings is 1. The fourth-order valence-corrected chi connectivity index (χ4v) is 2.14. The van der Waals surface area contributed by atoms with Crippen molar-refractivity contribution in [3.05, 3.63) is 28.6 Å². The van der Waals surface area contributed by atoms with Gasteiger partial charge in [0.2, 0.25) is 4.73 Å². The van der Waals surface area contributed by atoms with Crippen LogP contribution in [0, 0.1) is 0 Å². The lowest BCUT2D eigenvalue weighted by Crippen LogP contribution is -2.22. The molecule has 1 fully saturated rings. The van der Waals surface area contributed by atoms with Crippen molar-refractivity contribution in [3.8, 4) is 0 Å². The van der Waals surface area contributed by atoms with Gasteiger partial charge in [-0.15, -0.1) is 10.2 Å². The molecule has 0 aliphatic heterocycles. The highest BCUT2D eigenvalue weighted by Crippen LogP contribution is 2.42. The molecular weight excluding hydrogens is 244 g/mol. The van der Waals surface area contributed by atoms with Gasteiger partial charge in [0, 0.05) is 5.69 Å². The predicted molar refractivity (Wildman–Crippen MR) is 55.8 cm³/mol. The number of hydrogen-bond donors (Lipinski definition) is 1. The molecule has 0 atom stereocenters. The highest BCUT2D eigenvalue weighted by Gasteiger charge is 2.42. The highest BCUT2D eigenvalue weighted by molar-refractivity contribution is 9.10. The molecule has 0 bridgehead atoms. The molecule has 3 rings (SSSR count). The normalized spacial score (nSPS) is 18.7. The lowest BCUT2D eigenvalue weighted by Gasteiger charge is -2.11. The van der Waals surface area contributed by atoms with Crippen LogP contribution in [0.15, 0.2) is 22.9 Å². The summed E-state index contributed by atoms with van der Waals surface area (Å²) in [4.78, 5) is 0. The predicted octanol–water partition coefficient (Wildman–Crippen LogP) is 1.44. The summed E-state index contributed by atoms with van der Waals surface area (Å²) in [6, 6.07) is 5.93. The largest absolute Gasteiger partial charge is 0.320 e. The molecule has 72 valence electrons. The maximum Gasteiger partial charge on any atom is 0.204 e. The summed E-state index contributed by atoms with van der Waals surface area (Å²) in [6.07, 6.45) is 2.08. The van der Waals surface area contributed by atoms with Gasteiger partial charge in [0.1, 0.15) is 0 Å². The Kier molecular flexibility index (Phi) is 1.52. The second-order valence-electron chi connectivity index (χ2n) is 3.73. The van der Waals surface area contributed by atoms with Gasteiger partial charge in [0.15, 0.2) is 5.65 Å². The second kappa shape index (κ2) is 2.55. The van der Waals surface area contributed by atoms with E-state index in [-0.39, 0.29) is 5.54 Å². The third-order valence-electron chi connectivity index (χ3n) is 2.69. The molecule has 14 heavy (non-hydrogen) atoms. The summed E-state index contributed by atoms with van der Waals surface area (Å²) in [5, 5.41) is 8.00. The number of nitrogens with zero attached hydrogens (tertiary/aromatic N) is 3. The SMILES string of the molecule is NC1(c2cccc3nnc(Br)n23)CC1. The van der Waals surface area contributed by atoms with Crippen LogP contribution in [0.5, 0.6) is 0 Å². The first-order valence-corrected chi connectivity index (χ1v) is 5.29. The highest BCUT2D eigenvalue weighted by atomic mass is 79.9. The summed E-state index contributed by atoms with van der Waals surface area (Å²) in [7, 11) is 0. The van der Waals surface area contributed by atoms with Crippen LogP contribution in [-0.4, -0.2) is 14.6 Å². The monoisotopic (exact) mass is 252 g/mol. The summed E-state index contributed by atoms with van der Waals surface area (Å²) in [5.74, 6) is 0. The minimum absolute atomic E-state index is 0.162. The first-order chi connectivity index (χ1) is 6.71. The van der Waals surface area contributed by atoms with Gasteiger partial charge in [-0.2, -0.15) is 0 Å². The van der Waals surface area contributed by atoms with Gasteiger partial charge in [-0.05, 0) is 40.9 Å². The first-order valence-electron chi connectivity index (χ1n) is 4.50. The van der Waals surface area contributed by atoms with E-state index in [0.717, 1.165) is 28.9 Å². The number of nitrogens with two attached hydrogens (primary N) is 1. The maximum atomic E-state index is 6.16. The molecule has 1 aliphatic rings. The van der Waals surface area contributed by atoms with E-state index in [1.165, 1.54) is 0 Å². The number of aromatic nitrogens is 3. The molecule has 5 heteroatoms. The second-order valence-corrected chi connectivity index (χ2v) is 4.44. The topological polar surface area (TPSA) is 56.2 Å². The molecule has 2 aromatic rings. The molecule has 0 aromatic carbocycles. The first kappa shape index (κ1) is 8.38. The van der Waals surface area contributed by atoms with E-state index in [1.807, 2.05) is 22.6 Å². The average molecular weight is 253 g/mol. The van der Waals surface area contributed by atoms with Crippen LogP contribution < -0.4 is 5.73 Å². The van der Waals surface area contributed by atoms with Gasteiger partial charge >= 0.3 is 0 Å². The Morgan fingerprint density at radius 1 is 1.36 bits per heavy atom. The molecule has 1 aliphatic carbocycles. The molecule has 0 amide bonds. The van der Waals surface area contributed by atoms with Crippen molar-refractivity contribution < 1.29 is 0 Å². The molecule has 2 N–H and O–H groups in total. The lowest BCUT2D eigenvalue weighted by molar-refractivity contribution is 0.689. The van der Waals surface area contributed by atoms with Gasteiger partial charge in [-0.25, -0.2) is 0 Å². The minimum Gasteiger partial charge on any atom is -0.320 e. The standard InChI is InChI=1S/C9H9BrN4/c10-8-13-12-7-3-1-2-6(14(7)8)9(11)4-5-9/h1-3H,4-5,11H2. The van der Waals surface area contributed by atoms with E-state index >= 15 is 0 Å². The van der Waals surface area contributed by atoms with Crippen LogP contribution in [-0.2, 0) is 5.54 Å². The van der Waals surface area contributed by atoms with Gasteiger partial charge < -0.3 is 5.73 Å². The van der Waals surface area contributed by atoms with Gasteiger partial charge in [-0.1, -0.05) is 6.07 Å². The molecule has 0 unspecified atom stereocenters. The Morgan fingerprint density at radius 2 is 2.14 bits per heavy atom. The minimum atomic E-state index is -0.162. The Labute approximate surface area is 89.3 Å². The number of rotatable bonds is 1. The van der Waals surface area contributed by atoms with Crippen LogP contribution in [0.25, 0.3) is 5.65 Å². The van der Waals surface area contributed by atoms with Crippen LogP contribution in [0.3, 0.4) is 0 Å². The molecule has 1 saturated carbocycles. The van der Waals surface area contributed by atoms with Crippen LogP contribution >= 0.6 is 15.9 Å². The zero-order valence-corrected chi connectivity index (χ0v) is 9.03. The lowest BCUT2D eigenvalue weighted by atomic mass is 10.2. The van der Waals surface area contributed by atoms with Crippen molar-refractivity contribution in [2.75, 3.05) is 0 Å². The quantitative estimate of drug-likeness (QED) is 0.836. The molecule has 4 nitrogen and oxygen atoms in total. The fraction of sp³-hybridized carbons (Fsp3) is 0.333. The Balaban J connectivity index is 2.37. The van der Waals surface area contributed by atoms with Gasteiger partial charge in [0.05, 0.1) is 5.54 Å². The summed E-state index contributed by atoms with van der Waals surface area (Å²) in [5.41, 5.74) is 7.93. The Morgan fingerprint density at radius 3 is 2.86 bits per heavy atom. The van der Waals surface area contributed by atoms with Crippen molar-refractivity contribution in [1.82, 2.24) is 14.6 Å². The van der Waals surface area contributed by atoms with E-state index in [9.17, 15) is 0 Å². The molecule has 2 heterocycles. The molecular formula is C9H9BrN4. The summed E-state index contributed by atoms with van der Waals surface area (Å²) < 4.78 is 2.69. The Hall–Kier alpha value is -0.940. The van der Waals surface area contributed by atoms with Gasteiger partial charge in [-0.3, -0.25) is 4.40 Å². The smallest absolute Gasteiger partial charge is 0.204 e. The Bertz CT molecular complexity index is 500. The average Bonchev–Trinajstić information content (AvgIpc) is 2.83. The molecule has 0 spiro atoms. The van der Waals surface area contributed by atoms with E-state index in [0.29, 0.717) is 0 Å². The third kappa shape index (κ3) is 1.02. The molecule has 0 radical (unpaired) electrons. The molecule has 2 aromatic heterocycles. The van der Waals surface area contributed by atoms with Crippen molar-refractivity contribution in [2.24, 2.45) is 5.73 Å². The number of hydrogen-bond acceptors (Lipinski definition) is 3.